The lowest BCUT2D eigenvalue weighted by Crippen LogP contribution is -2.12. The number of nitrogens with zero attached hydrogens (tertiary/aromatic N) is 3. The molecule has 3 aromatic heterocycles. The molecule has 0 bridgehead atoms. The number of pyridine rings is 1. The number of imidazole rings is 1. The van der Waals surface area contributed by atoms with E-state index >= 15 is 0 Å². The summed E-state index contributed by atoms with van der Waals surface area (Å²) in [6, 6.07) is 29.6. The molecular formula is C30H22N4OS. The zero-order valence-corrected chi connectivity index (χ0v) is 20.4. The highest BCUT2D eigenvalue weighted by Crippen LogP contribution is 2.31. The van der Waals surface area contributed by atoms with Gasteiger partial charge in [0, 0.05) is 45.7 Å². The van der Waals surface area contributed by atoms with Gasteiger partial charge < -0.3 is 9.72 Å². The highest BCUT2D eigenvalue weighted by molar-refractivity contribution is 7.13. The van der Waals surface area contributed by atoms with Crippen molar-refractivity contribution in [2.24, 2.45) is 0 Å². The first-order chi connectivity index (χ1) is 17.6. The molecule has 5 nitrogen and oxygen atoms in total. The number of hydrogen-bond donors (Lipinski definition) is 1. The minimum Gasteiger partial charge on any atom is -0.322 e. The Morgan fingerprint density at radius 3 is 2.39 bits per heavy atom. The fourth-order valence-electron chi connectivity index (χ4n) is 4.14. The Labute approximate surface area is 212 Å². The quantitative estimate of drug-likeness (QED) is 0.277. The topological polar surface area (TPSA) is 59.3 Å². The highest BCUT2D eigenvalue weighted by Gasteiger charge is 2.12. The summed E-state index contributed by atoms with van der Waals surface area (Å²) in [6.07, 6.45) is 3.83. The fraction of sp³-hybridized carbons (Fsp3) is 0.0333. The second kappa shape index (κ2) is 9.24. The van der Waals surface area contributed by atoms with Crippen LogP contribution in [0.1, 0.15) is 15.9 Å². The summed E-state index contributed by atoms with van der Waals surface area (Å²) >= 11 is 1.64. The third kappa shape index (κ3) is 4.30. The predicted octanol–water partition coefficient (Wildman–Crippen LogP) is 7.35. The van der Waals surface area contributed by atoms with Crippen LogP contribution in [0.15, 0.2) is 109 Å². The van der Waals surface area contributed by atoms with Crippen LogP contribution < -0.4 is 5.32 Å². The lowest BCUT2D eigenvalue weighted by atomic mass is 10.1. The molecule has 0 unspecified atom stereocenters. The Kier molecular flexibility index (Phi) is 5.64. The molecule has 0 fully saturated rings. The minimum absolute atomic E-state index is 0.176. The summed E-state index contributed by atoms with van der Waals surface area (Å²) < 4.78 is 1.92. The number of thiazole rings is 1. The van der Waals surface area contributed by atoms with Crippen molar-refractivity contribution in [1.29, 1.82) is 0 Å². The van der Waals surface area contributed by atoms with Crippen LogP contribution in [0, 0.1) is 6.92 Å². The van der Waals surface area contributed by atoms with Crippen molar-refractivity contribution in [3.8, 4) is 33.1 Å². The van der Waals surface area contributed by atoms with Gasteiger partial charge in [0.25, 0.3) is 5.91 Å². The number of anilines is 1. The summed E-state index contributed by atoms with van der Waals surface area (Å²) in [6.45, 7) is 2.10. The maximum atomic E-state index is 12.9. The first kappa shape index (κ1) is 21.9. The van der Waals surface area contributed by atoms with Crippen molar-refractivity contribution < 1.29 is 4.79 Å². The van der Waals surface area contributed by atoms with Gasteiger partial charge in [-0.2, -0.15) is 0 Å². The van der Waals surface area contributed by atoms with Crippen LogP contribution in [0.3, 0.4) is 0 Å². The first-order valence-corrected chi connectivity index (χ1v) is 12.5. The molecule has 0 aliphatic carbocycles. The van der Waals surface area contributed by atoms with E-state index in [1.165, 1.54) is 5.56 Å². The molecule has 6 aromatic rings. The van der Waals surface area contributed by atoms with E-state index < -0.39 is 0 Å². The summed E-state index contributed by atoms with van der Waals surface area (Å²) in [5, 5.41) is 6.06. The van der Waals surface area contributed by atoms with Crippen molar-refractivity contribution in [3.05, 3.63) is 120 Å². The average Bonchev–Trinajstić information content (AvgIpc) is 3.57. The standard InChI is InChI=1S/C30H22N4OS/c1-20-7-5-6-10-25(20)30-33-27(19-36-30)22-11-13-24(14-12-22)31-29(35)23-15-16-34-18-26(32-28(34)17-23)21-8-3-2-4-9-21/h2-19H,1H3,(H,31,35). The number of carbonyl (C=O) groups excluding carboxylic acids is 1. The lowest BCUT2D eigenvalue weighted by Gasteiger charge is -2.06. The van der Waals surface area contributed by atoms with Gasteiger partial charge in [-0.1, -0.05) is 66.7 Å². The Hall–Kier alpha value is -4.55. The third-order valence-corrected chi connectivity index (χ3v) is 6.99. The molecule has 6 heteroatoms. The van der Waals surface area contributed by atoms with Crippen LogP contribution in [0.2, 0.25) is 0 Å². The first-order valence-electron chi connectivity index (χ1n) is 11.6. The summed E-state index contributed by atoms with van der Waals surface area (Å²) in [5.74, 6) is -0.176. The highest BCUT2D eigenvalue weighted by atomic mass is 32.1. The molecule has 0 aliphatic heterocycles. The number of amides is 1. The number of aromatic nitrogens is 3. The largest absolute Gasteiger partial charge is 0.322 e. The van der Waals surface area contributed by atoms with E-state index in [1.54, 1.807) is 23.5 Å². The zero-order valence-electron chi connectivity index (χ0n) is 19.6. The second-order valence-electron chi connectivity index (χ2n) is 8.56. The Morgan fingerprint density at radius 2 is 1.58 bits per heavy atom. The van der Waals surface area contributed by atoms with Crippen molar-refractivity contribution in [1.82, 2.24) is 14.4 Å². The molecule has 0 saturated heterocycles. The number of rotatable bonds is 5. The van der Waals surface area contributed by atoms with E-state index in [0.717, 1.165) is 44.4 Å². The molecule has 0 spiro atoms. The molecule has 1 amide bonds. The van der Waals surface area contributed by atoms with Gasteiger partial charge in [0.1, 0.15) is 10.7 Å². The van der Waals surface area contributed by atoms with Gasteiger partial charge in [0.2, 0.25) is 0 Å². The molecule has 36 heavy (non-hydrogen) atoms. The average molecular weight is 487 g/mol. The molecule has 3 heterocycles. The SMILES string of the molecule is Cc1ccccc1-c1nc(-c2ccc(NC(=O)c3ccn4cc(-c5ccccc5)nc4c3)cc2)cs1. The van der Waals surface area contributed by atoms with E-state index in [2.05, 4.69) is 34.7 Å². The van der Waals surface area contributed by atoms with E-state index in [-0.39, 0.29) is 5.91 Å². The van der Waals surface area contributed by atoms with Crippen molar-refractivity contribution >= 4 is 28.6 Å². The number of benzene rings is 3. The summed E-state index contributed by atoms with van der Waals surface area (Å²) in [5.41, 5.74) is 8.22. The minimum atomic E-state index is -0.176. The van der Waals surface area contributed by atoms with Crippen molar-refractivity contribution in [3.63, 3.8) is 0 Å². The summed E-state index contributed by atoms with van der Waals surface area (Å²) in [4.78, 5) is 22.4. The Morgan fingerprint density at radius 1 is 0.833 bits per heavy atom. The predicted molar refractivity (Wildman–Crippen MR) is 146 cm³/mol. The van der Waals surface area contributed by atoms with Gasteiger partial charge in [-0.15, -0.1) is 11.3 Å². The Bertz CT molecular complexity index is 1680. The van der Waals surface area contributed by atoms with Crippen molar-refractivity contribution in [2.45, 2.75) is 6.92 Å². The number of hydrogen-bond acceptors (Lipinski definition) is 4. The van der Waals surface area contributed by atoms with E-state index in [4.69, 9.17) is 4.98 Å². The van der Waals surface area contributed by atoms with E-state index in [1.807, 2.05) is 83.5 Å². The maximum Gasteiger partial charge on any atom is 0.255 e. The molecule has 0 saturated carbocycles. The number of fused-ring (bicyclic) bond motifs is 1. The molecule has 1 N–H and O–H groups in total. The van der Waals surface area contributed by atoms with E-state index in [0.29, 0.717) is 5.56 Å². The smallest absolute Gasteiger partial charge is 0.255 e. The van der Waals surface area contributed by atoms with Gasteiger partial charge in [0.15, 0.2) is 0 Å². The monoisotopic (exact) mass is 486 g/mol. The van der Waals surface area contributed by atoms with Gasteiger partial charge in [0.05, 0.1) is 11.4 Å². The van der Waals surface area contributed by atoms with Crippen LogP contribution in [-0.2, 0) is 0 Å². The molecule has 0 aliphatic rings. The molecule has 0 radical (unpaired) electrons. The normalized spacial score (nSPS) is 11.0. The fourth-order valence-corrected chi connectivity index (χ4v) is 5.06. The lowest BCUT2D eigenvalue weighted by molar-refractivity contribution is 0.102. The summed E-state index contributed by atoms with van der Waals surface area (Å²) in [7, 11) is 0. The van der Waals surface area contributed by atoms with Crippen LogP contribution >= 0.6 is 11.3 Å². The van der Waals surface area contributed by atoms with Crippen LogP contribution in [0.5, 0.6) is 0 Å². The Balaban J connectivity index is 1.18. The molecule has 3 aromatic carbocycles. The maximum absolute atomic E-state index is 12.9. The van der Waals surface area contributed by atoms with Gasteiger partial charge in [-0.05, 0) is 36.8 Å². The van der Waals surface area contributed by atoms with E-state index in [9.17, 15) is 4.79 Å². The number of carbonyl (C=O) groups is 1. The van der Waals surface area contributed by atoms with Crippen LogP contribution in [0.25, 0.3) is 38.7 Å². The van der Waals surface area contributed by atoms with Crippen LogP contribution in [-0.4, -0.2) is 20.3 Å². The van der Waals surface area contributed by atoms with Gasteiger partial charge in [-0.25, -0.2) is 9.97 Å². The molecule has 0 atom stereocenters. The van der Waals surface area contributed by atoms with Crippen LogP contribution in [0.4, 0.5) is 5.69 Å². The molecule has 6 rings (SSSR count). The number of aryl methyl sites for hydroxylation is 1. The van der Waals surface area contributed by atoms with Gasteiger partial charge in [-0.3, -0.25) is 4.79 Å². The third-order valence-electron chi connectivity index (χ3n) is 6.11. The molecular weight excluding hydrogens is 464 g/mol. The van der Waals surface area contributed by atoms with Crippen molar-refractivity contribution in [2.75, 3.05) is 5.32 Å². The number of nitrogens with one attached hydrogen (secondary N) is 1. The molecule has 174 valence electrons. The zero-order chi connectivity index (χ0) is 24.5. The second-order valence-corrected chi connectivity index (χ2v) is 9.42. The van der Waals surface area contributed by atoms with Gasteiger partial charge >= 0.3 is 0 Å².